The first-order chi connectivity index (χ1) is 7.72. The number of benzene rings is 2. The van der Waals surface area contributed by atoms with Crippen molar-refractivity contribution in [3.8, 4) is 5.75 Å². The lowest BCUT2D eigenvalue weighted by Gasteiger charge is -2.08. The number of fused-ring (bicyclic) bond motifs is 1. The molecular formula is C14H14O2. The molecule has 0 aliphatic heterocycles. The molecule has 0 radical (unpaired) electrons. The summed E-state index contributed by atoms with van der Waals surface area (Å²) in [4.78, 5) is 11.2. The number of Topliss-reactive ketones (excluding diaryl/α,β-unsaturated/α-hetero) is 1. The molecule has 82 valence electrons. The smallest absolute Gasteiger partial charge is 0.134 e. The van der Waals surface area contributed by atoms with Crippen molar-refractivity contribution in [2.75, 3.05) is 7.11 Å². The highest BCUT2D eigenvalue weighted by atomic mass is 16.5. The third-order valence-corrected chi connectivity index (χ3v) is 2.63. The van der Waals surface area contributed by atoms with E-state index in [0.717, 1.165) is 22.1 Å². The molecule has 2 aromatic carbocycles. The van der Waals surface area contributed by atoms with Gasteiger partial charge in [-0.05, 0) is 23.9 Å². The third kappa shape index (κ3) is 1.91. The second-order valence-corrected chi connectivity index (χ2v) is 3.85. The van der Waals surface area contributed by atoms with Gasteiger partial charge in [-0.3, -0.25) is 4.79 Å². The summed E-state index contributed by atoms with van der Waals surface area (Å²) in [5.74, 6) is 1.03. The van der Waals surface area contributed by atoms with E-state index in [4.69, 9.17) is 4.74 Å². The molecule has 2 heteroatoms. The zero-order valence-electron chi connectivity index (χ0n) is 9.49. The Morgan fingerprint density at radius 2 is 1.81 bits per heavy atom. The van der Waals surface area contributed by atoms with Crippen LogP contribution in [0.15, 0.2) is 36.4 Å². The van der Waals surface area contributed by atoms with Gasteiger partial charge >= 0.3 is 0 Å². The van der Waals surface area contributed by atoms with Crippen LogP contribution in [-0.4, -0.2) is 12.9 Å². The van der Waals surface area contributed by atoms with Crippen LogP contribution >= 0.6 is 0 Å². The molecule has 0 amide bonds. The summed E-state index contributed by atoms with van der Waals surface area (Å²) in [6.07, 6.45) is 0.477. The maximum atomic E-state index is 11.2. The number of rotatable bonds is 3. The van der Waals surface area contributed by atoms with E-state index in [1.165, 1.54) is 0 Å². The second-order valence-electron chi connectivity index (χ2n) is 3.85. The molecule has 0 aromatic heterocycles. The standard InChI is InChI=1S/C14H14O2/c1-10(15)9-11-5-3-7-13-12(11)6-4-8-14(13)16-2/h3-8H,9H2,1-2H3. The second kappa shape index (κ2) is 4.35. The summed E-state index contributed by atoms with van der Waals surface area (Å²) >= 11 is 0. The number of carbonyl (C=O) groups excluding carboxylic acids is 1. The molecule has 0 aliphatic rings. The van der Waals surface area contributed by atoms with E-state index >= 15 is 0 Å². The monoisotopic (exact) mass is 214 g/mol. The van der Waals surface area contributed by atoms with Gasteiger partial charge in [0.15, 0.2) is 0 Å². The van der Waals surface area contributed by atoms with Crippen LogP contribution in [0.5, 0.6) is 5.75 Å². The minimum atomic E-state index is 0.176. The topological polar surface area (TPSA) is 26.3 Å². The van der Waals surface area contributed by atoms with Crippen molar-refractivity contribution in [3.05, 3.63) is 42.0 Å². The lowest BCUT2D eigenvalue weighted by atomic mass is 10.0. The summed E-state index contributed by atoms with van der Waals surface area (Å²) in [5.41, 5.74) is 1.06. The summed E-state index contributed by atoms with van der Waals surface area (Å²) in [6, 6.07) is 11.9. The van der Waals surface area contributed by atoms with Crippen LogP contribution < -0.4 is 4.74 Å². The molecule has 16 heavy (non-hydrogen) atoms. The number of ether oxygens (including phenoxy) is 1. The van der Waals surface area contributed by atoms with Crippen LogP contribution in [0.3, 0.4) is 0 Å². The molecule has 0 unspecified atom stereocenters. The van der Waals surface area contributed by atoms with Crippen LogP contribution in [0.4, 0.5) is 0 Å². The van der Waals surface area contributed by atoms with E-state index in [2.05, 4.69) is 0 Å². The van der Waals surface area contributed by atoms with Gasteiger partial charge in [0, 0.05) is 11.8 Å². The summed E-state index contributed by atoms with van der Waals surface area (Å²) < 4.78 is 5.30. The Hall–Kier alpha value is -1.83. The molecule has 0 heterocycles. The van der Waals surface area contributed by atoms with E-state index < -0.39 is 0 Å². The van der Waals surface area contributed by atoms with Gasteiger partial charge in [-0.15, -0.1) is 0 Å². The predicted octanol–water partition coefficient (Wildman–Crippen LogP) is 2.98. The molecule has 2 rings (SSSR count). The van der Waals surface area contributed by atoms with Crippen molar-refractivity contribution < 1.29 is 9.53 Å². The fraction of sp³-hybridized carbons (Fsp3) is 0.214. The molecule has 0 aliphatic carbocycles. The van der Waals surface area contributed by atoms with Crippen LogP contribution in [-0.2, 0) is 11.2 Å². The Kier molecular flexibility index (Phi) is 2.91. The molecule has 2 aromatic rings. The van der Waals surface area contributed by atoms with Gasteiger partial charge in [-0.2, -0.15) is 0 Å². The minimum absolute atomic E-state index is 0.176. The molecule has 0 spiro atoms. The van der Waals surface area contributed by atoms with E-state index in [9.17, 15) is 4.79 Å². The number of hydrogen-bond acceptors (Lipinski definition) is 2. The Morgan fingerprint density at radius 3 is 2.50 bits per heavy atom. The van der Waals surface area contributed by atoms with Crippen molar-refractivity contribution in [3.63, 3.8) is 0 Å². The van der Waals surface area contributed by atoms with Gasteiger partial charge in [-0.25, -0.2) is 0 Å². The third-order valence-electron chi connectivity index (χ3n) is 2.63. The number of carbonyl (C=O) groups is 1. The largest absolute Gasteiger partial charge is 0.496 e. The van der Waals surface area contributed by atoms with E-state index in [0.29, 0.717) is 6.42 Å². The fourth-order valence-corrected chi connectivity index (χ4v) is 1.95. The van der Waals surface area contributed by atoms with Crippen LogP contribution in [0.2, 0.25) is 0 Å². The van der Waals surface area contributed by atoms with Crippen molar-refractivity contribution in [1.29, 1.82) is 0 Å². The predicted molar refractivity (Wildman–Crippen MR) is 64.9 cm³/mol. The van der Waals surface area contributed by atoms with Gasteiger partial charge in [-0.1, -0.05) is 30.3 Å². The number of methoxy groups -OCH3 is 1. The fourth-order valence-electron chi connectivity index (χ4n) is 1.95. The zero-order chi connectivity index (χ0) is 11.5. The lowest BCUT2D eigenvalue weighted by molar-refractivity contribution is -0.116. The highest BCUT2D eigenvalue weighted by Gasteiger charge is 2.06. The minimum Gasteiger partial charge on any atom is -0.496 e. The Labute approximate surface area is 94.8 Å². The molecule has 0 saturated carbocycles. The van der Waals surface area contributed by atoms with Gasteiger partial charge in [0.05, 0.1) is 7.11 Å². The van der Waals surface area contributed by atoms with E-state index in [1.807, 2.05) is 36.4 Å². The average molecular weight is 214 g/mol. The summed E-state index contributed by atoms with van der Waals surface area (Å²) in [7, 11) is 1.66. The molecule has 0 atom stereocenters. The Bertz CT molecular complexity index is 529. The summed E-state index contributed by atoms with van der Waals surface area (Å²) in [6.45, 7) is 1.61. The number of ketones is 1. The highest BCUT2D eigenvalue weighted by molar-refractivity contribution is 5.93. The van der Waals surface area contributed by atoms with Gasteiger partial charge in [0.2, 0.25) is 0 Å². The van der Waals surface area contributed by atoms with Crippen molar-refractivity contribution in [2.24, 2.45) is 0 Å². The van der Waals surface area contributed by atoms with Crippen LogP contribution in [0, 0.1) is 0 Å². The highest BCUT2D eigenvalue weighted by Crippen LogP contribution is 2.27. The SMILES string of the molecule is COc1cccc2c(CC(C)=O)cccc12. The quantitative estimate of drug-likeness (QED) is 0.785. The maximum Gasteiger partial charge on any atom is 0.134 e. The molecule has 0 fully saturated rings. The normalized spacial score (nSPS) is 10.4. The first-order valence-electron chi connectivity index (χ1n) is 5.26. The Morgan fingerprint density at radius 1 is 1.12 bits per heavy atom. The average Bonchev–Trinajstić information content (AvgIpc) is 2.28. The molecule has 2 nitrogen and oxygen atoms in total. The van der Waals surface area contributed by atoms with E-state index in [-0.39, 0.29) is 5.78 Å². The zero-order valence-corrected chi connectivity index (χ0v) is 9.49. The van der Waals surface area contributed by atoms with E-state index in [1.54, 1.807) is 14.0 Å². The van der Waals surface area contributed by atoms with Crippen LogP contribution in [0.1, 0.15) is 12.5 Å². The maximum absolute atomic E-state index is 11.2. The van der Waals surface area contributed by atoms with Crippen molar-refractivity contribution in [1.82, 2.24) is 0 Å². The van der Waals surface area contributed by atoms with Crippen molar-refractivity contribution >= 4 is 16.6 Å². The first kappa shape index (κ1) is 10.7. The molecular weight excluding hydrogens is 200 g/mol. The van der Waals surface area contributed by atoms with Crippen molar-refractivity contribution in [2.45, 2.75) is 13.3 Å². The lowest BCUT2D eigenvalue weighted by Crippen LogP contribution is -1.97. The van der Waals surface area contributed by atoms with Crippen LogP contribution in [0.25, 0.3) is 10.8 Å². The first-order valence-corrected chi connectivity index (χ1v) is 5.26. The van der Waals surface area contributed by atoms with Gasteiger partial charge < -0.3 is 4.74 Å². The summed E-state index contributed by atoms with van der Waals surface area (Å²) in [5, 5.41) is 2.15. The van der Waals surface area contributed by atoms with Gasteiger partial charge in [0.1, 0.15) is 11.5 Å². The Balaban J connectivity index is 2.64. The molecule has 0 saturated heterocycles. The molecule has 0 N–H and O–H groups in total. The number of hydrogen-bond donors (Lipinski definition) is 0. The van der Waals surface area contributed by atoms with Gasteiger partial charge in [0.25, 0.3) is 0 Å². The molecule has 0 bridgehead atoms.